The number of carbonyl (C=O) groups excluding carboxylic acids is 2. The Morgan fingerprint density at radius 2 is 2.00 bits per heavy atom. The zero-order chi connectivity index (χ0) is 15.2. The molecule has 5 nitrogen and oxygen atoms in total. The standard InChI is InChI=1S/C16H25NO4/c1-17(13-5-3-4-6-13)15(18)11-21-14-9-7-12(8-10-14)16(19)20-2/h5,12,14H,3-4,6-11H2,1-2H3. The number of likely N-dealkylation sites (N-methyl/N-ethyl adjacent to an activating group) is 1. The molecule has 1 saturated carbocycles. The van der Waals surface area contributed by atoms with Crippen LogP contribution >= 0.6 is 0 Å². The third-order valence-electron chi connectivity index (χ3n) is 4.47. The van der Waals surface area contributed by atoms with Gasteiger partial charge in [0.15, 0.2) is 0 Å². The fraction of sp³-hybridized carbons (Fsp3) is 0.750. The van der Waals surface area contributed by atoms with Gasteiger partial charge in [0.05, 0.1) is 19.1 Å². The molecule has 0 radical (unpaired) electrons. The number of nitrogens with zero attached hydrogens (tertiary/aromatic N) is 1. The van der Waals surface area contributed by atoms with Gasteiger partial charge in [0.2, 0.25) is 0 Å². The van der Waals surface area contributed by atoms with Gasteiger partial charge >= 0.3 is 5.97 Å². The average Bonchev–Trinajstić information content (AvgIpc) is 3.06. The molecular formula is C16H25NO4. The van der Waals surface area contributed by atoms with E-state index in [1.165, 1.54) is 7.11 Å². The lowest BCUT2D eigenvalue weighted by Crippen LogP contribution is -2.33. The number of allylic oxidation sites excluding steroid dienone is 2. The Hall–Kier alpha value is -1.36. The first kappa shape index (κ1) is 16.0. The van der Waals surface area contributed by atoms with Gasteiger partial charge in [-0.15, -0.1) is 0 Å². The van der Waals surface area contributed by atoms with E-state index in [1.807, 2.05) is 7.05 Å². The van der Waals surface area contributed by atoms with Crippen molar-refractivity contribution in [3.63, 3.8) is 0 Å². The maximum atomic E-state index is 12.1. The predicted octanol–water partition coefficient (Wildman–Crippen LogP) is 2.26. The van der Waals surface area contributed by atoms with Gasteiger partial charge in [-0.3, -0.25) is 9.59 Å². The average molecular weight is 295 g/mol. The van der Waals surface area contributed by atoms with Crippen molar-refractivity contribution in [1.29, 1.82) is 0 Å². The number of carbonyl (C=O) groups is 2. The molecule has 0 unspecified atom stereocenters. The summed E-state index contributed by atoms with van der Waals surface area (Å²) in [5.74, 6) is -0.118. The smallest absolute Gasteiger partial charge is 0.308 e. The zero-order valence-corrected chi connectivity index (χ0v) is 13.0. The van der Waals surface area contributed by atoms with E-state index in [0.29, 0.717) is 0 Å². The van der Waals surface area contributed by atoms with Gasteiger partial charge < -0.3 is 14.4 Å². The van der Waals surface area contributed by atoms with E-state index < -0.39 is 0 Å². The second kappa shape index (κ2) is 7.59. The molecule has 0 aromatic carbocycles. The summed E-state index contributed by atoms with van der Waals surface area (Å²) < 4.78 is 10.5. The van der Waals surface area contributed by atoms with Crippen molar-refractivity contribution in [2.45, 2.75) is 51.0 Å². The van der Waals surface area contributed by atoms with E-state index in [-0.39, 0.29) is 30.5 Å². The van der Waals surface area contributed by atoms with Crippen molar-refractivity contribution in [2.75, 3.05) is 20.8 Å². The first-order valence-corrected chi connectivity index (χ1v) is 7.77. The van der Waals surface area contributed by atoms with Crippen LogP contribution in [-0.2, 0) is 19.1 Å². The second-order valence-corrected chi connectivity index (χ2v) is 5.85. The lowest BCUT2D eigenvalue weighted by atomic mass is 9.87. The van der Waals surface area contributed by atoms with Crippen LogP contribution in [0.3, 0.4) is 0 Å². The van der Waals surface area contributed by atoms with Crippen molar-refractivity contribution in [2.24, 2.45) is 5.92 Å². The van der Waals surface area contributed by atoms with E-state index in [1.54, 1.807) is 4.90 Å². The van der Waals surface area contributed by atoms with Gasteiger partial charge in [-0.1, -0.05) is 6.08 Å². The van der Waals surface area contributed by atoms with Gasteiger partial charge in [0, 0.05) is 12.7 Å². The summed E-state index contributed by atoms with van der Waals surface area (Å²) in [7, 11) is 3.24. The third kappa shape index (κ3) is 4.30. The SMILES string of the molecule is COC(=O)C1CCC(OCC(=O)N(C)C2=CCCC2)CC1. The van der Waals surface area contributed by atoms with Gasteiger partial charge in [0.1, 0.15) is 6.61 Å². The van der Waals surface area contributed by atoms with Crippen LogP contribution in [0.4, 0.5) is 0 Å². The van der Waals surface area contributed by atoms with Crippen LogP contribution in [0.1, 0.15) is 44.9 Å². The number of hydrogen-bond acceptors (Lipinski definition) is 4. The zero-order valence-electron chi connectivity index (χ0n) is 13.0. The first-order valence-electron chi connectivity index (χ1n) is 7.77. The molecule has 0 aliphatic heterocycles. The molecule has 0 aromatic heterocycles. The minimum atomic E-state index is -0.127. The Balaban J connectivity index is 1.69. The Morgan fingerprint density at radius 1 is 1.29 bits per heavy atom. The Labute approximate surface area is 126 Å². The van der Waals surface area contributed by atoms with E-state index >= 15 is 0 Å². The molecule has 118 valence electrons. The maximum Gasteiger partial charge on any atom is 0.308 e. The van der Waals surface area contributed by atoms with Crippen LogP contribution in [0.25, 0.3) is 0 Å². The van der Waals surface area contributed by atoms with Crippen LogP contribution in [-0.4, -0.2) is 43.6 Å². The summed E-state index contributed by atoms with van der Waals surface area (Å²) in [6.07, 6.45) is 8.58. The highest BCUT2D eigenvalue weighted by molar-refractivity contribution is 5.79. The molecule has 2 aliphatic carbocycles. The lowest BCUT2D eigenvalue weighted by molar-refractivity contribution is -0.148. The molecule has 1 fully saturated rings. The van der Waals surface area contributed by atoms with E-state index in [4.69, 9.17) is 9.47 Å². The molecular weight excluding hydrogens is 270 g/mol. The number of methoxy groups -OCH3 is 1. The van der Waals surface area contributed by atoms with Crippen LogP contribution < -0.4 is 0 Å². The summed E-state index contributed by atoms with van der Waals surface area (Å²) in [5.41, 5.74) is 1.11. The normalized spacial score (nSPS) is 25.3. The van der Waals surface area contributed by atoms with Gasteiger partial charge in [-0.25, -0.2) is 0 Å². The Morgan fingerprint density at radius 3 is 2.57 bits per heavy atom. The highest BCUT2D eigenvalue weighted by atomic mass is 16.5. The maximum absolute atomic E-state index is 12.1. The summed E-state index contributed by atoms with van der Waals surface area (Å²) in [6, 6.07) is 0. The summed E-state index contributed by atoms with van der Waals surface area (Å²) >= 11 is 0. The number of hydrogen-bond donors (Lipinski definition) is 0. The summed E-state index contributed by atoms with van der Waals surface area (Å²) in [5, 5.41) is 0. The predicted molar refractivity (Wildman–Crippen MR) is 78.4 cm³/mol. The van der Waals surface area contributed by atoms with E-state index in [9.17, 15) is 9.59 Å². The Kier molecular flexibility index (Phi) is 5.79. The largest absolute Gasteiger partial charge is 0.469 e. The fourth-order valence-electron chi connectivity index (χ4n) is 3.04. The number of esters is 1. The Bertz CT molecular complexity index is 411. The van der Waals surface area contributed by atoms with Crippen LogP contribution in [0.2, 0.25) is 0 Å². The van der Waals surface area contributed by atoms with Crippen molar-refractivity contribution in [1.82, 2.24) is 4.90 Å². The summed E-state index contributed by atoms with van der Waals surface area (Å²) in [4.78, 5) is 25.2. The molecule has 5 heteroatoms. The van der Waals surface area contributed by atoms with Crippen molar-refractivity contribution in [3.05, 3.63) is 11.8 Å². The molecule has 2 rings (SSSR count). The molecule has 0 heterocycles. The monoisotopic (exact) mass is 295 g/mol. The molecule has 0 bridgehead atoms. The lowest BCUT2D eigenvalue weighted by Gasteiger charge is -2.27. The number of amides is 1. The van der Waals surface area contributed by atoms with Crippen molar-refractivity contribution < 1.29 is 19.1 Å². The molecule has 0 saturated heterocycles. The molecule has 21 heavy (non-hydrogen) atoms. The van der Waals surface area contributed by atoms with Crippen LogP contribution in [0.15, 0.2) is 11.8 Å². The molecule has 2 aliphatic rings. The molecule has 0 atom stereocenters. The van der Waals surface area contributed by atoms with Gasteiger partial charge in [0.25, 0.3) is 5.91 Å². The minimum absolute atomic E-state index is 0.00290. The van der Waals surface area contributed by atoms with Gasteiger partial charge in [-0.05, 0) is 44.9 Å². The molecule has 1 amide bonds. The van der Waals surface area contributed by atoms with Crippen LogP contribution in [0.5, 0.6) is 0 Å². The van der Waals surface area contributed by atoms with Crippen LogP contribution in [0, 0.1) is 5.92 Å². The first-order chi connectivity index (χ1) is 10.1. The van der Waals surface area contributed by atoms with E-state index in [2.05, 4.69) is 6.08 Å². The molecule has 0 spiro atoms. The third-order valence-corrected chi connectivity index (χ3v) is 4.47. The highest BCUT2D eigenvalue weighted by Crippen LogP contribution is 2.27. The molecule has 0 N–H and O–H groups in total. The molecule has 0 aromatic rings. The summed E-state index contributed by atoms with van der Waals surface area (Å²) in [6.45, 7) is 0.126. The van der Waals surface area contributed by atoms with Crippen molar-refractivity contribution >= 4 is 11.9 Å². The number of ether oxygens (including phenoxy) is 2. The topological polar surface area (TPSA) is 55.8 Å². The second-order valence-electron chi connectivity index (χ2n) is 5.85. The highest BCUT2D eigenvalue weighted by Gasteiger charge is 2.28. The minimum Gasteiger partial charge on any atom is -0.469 e. The van der Waals surface area contributed by atoms with Crippen molar-refractivity contribution in [3.8, 4) is 0 Å². The fourth-order valence-corrected chi connectivity index (χ4v) is 3.04. The quantitative estimate of drug-likeness (QED) is 0.730. The van der Waals surface area contributed by atoms with E-state index in [0.717, 1.165) is 50.6 Å². The van der Waals surface area contributed by atoms with Gasteiger partial charge in [-0.2, -0.15) is 0 Å². The number of rotatable bonds is 5.